The van der Waals surface area contributed by atoms with Gasteiger partial charge in [-0.3, -0.25) is 4.79 Å². The van der Waals surface area contributed by atoms with Crippen LogP contribution in [0.1, 0.15) is 41.7 Å². The second kappa shape index (κ2) is 8.16. The molecular formula is C19H25N3O3. The molecule has 2 heterocycles. The Morgan fingerprint density at radius 2 is 2.28 bits per heavy atom. The summed E-state index contributed by atoms with van der Waals surface area (Å²) in [6, 6.07) is 5.86. The van der Waals surface area contributed by atoms with E-state index in [2.05, 4.69) is 9.55 Å². The molecule has 0 radical (unpaired) electrons. The highest BCUT2D eigenvalue weighted by molar-refractivity contribution is 5.94. The molecular weight excluding hydrogens is 318 g/mol. The van der Waals surface area contributed by atoms with E-state index < -0.39 is 0 Å². The van der Waals surface area contributed by atoms with Crippen LogP contribution in [0.15, 0.2) is 36.9 Å². The van der Waals surface area contributed by atoms with Crippen molar-refractivity contribution < 1.29 is 14.3 Å². The first kappa shape index (κ1) is 17.5. The van der Waals surface area contributed by atoms with Gasteiger partial charge in [-0.1, -0.05) is 0 Å². The second-order valence-electron chi connectivity index (χ2n) is 6.22. The van der Waals surface area contributed by atoms with Gasteiger partial charge in [-0.15, -0.1) is 0 Å². The van der Waals surface area contributed by atoms with Crippen molar-refractivity contribution in [2.24, 2.45) is 0 Å². The first-order chi connectivity index (χ1) is 12.2. The smallest absolute Gasteiger partial charge is 0.253 e. The van der Waals surface area contributed by atoms with Gasteiger partial charge in [0.25, 0.3) is 5.91 Å². The molecule has 2 aromatic rings. The monoisotopic (exact) mass is 343 g/mol. The van der Waals surface area contributed by atoms with Gasteiger partial charge >= 0.3 is 0 Å². The van der Waals surface area contributed by atoms with Crippen molar-refractivity contribution in [2.75, 3.05) is 26.8 Å². The summed E-state index contributed by atoms with van der Waals surface area (Å²) in [5.41, 5.74) is 1.58. The van der Waals surface area contributed by atoms with Crippen molar-refractivity contribution in [2.45, 2.75) is 32.4 Å². The van der Waals surface area contributed by atoms with Gasteiger partial charge in [0.1, 0.15) is 5.75 Å². The van der Waals surface area contributed by atoms with Gasteiger partial charge in [0, 0.05) is 43.2 Å². The standard InChI is InChI=1S/C19H25N3O3/c1-3-25-13-16-11-15(6-7-18(16)24-2)19(23)21-9-4-5-17(12-21)22-10-8-20-14-22/h6-8,10-11,14,17H,3-5,9,12-13H2,1-2H3. The number of benzene rings is 1. The maximum Gasteiger partial charge on any atom is 0.253 e. The lowest BCUT2D eigenvalue weighted by Gasteiger charge is -2.33. The highest BCUT2D eigenvalue weighted by Gasteiger charge is 2.25. The summed E-state index contributed by atoms with van der Waals surface area (Å²) in [6.45, 7) is 4.52. The highest BCUT2D eigenvalue weighted by atomic mass is 16.5. The van der Waals surface area contributed by atoms with Crippen LogP contribution in [0.2, 0.25) is 0 Å². The minimum Gasteiger partial charge on any atom is -0.496 e. The van der Waals surface area contributed by atoms with Gasteiger partial charge in [-0.25, -0.2) is 4.98 Å². The van der Waals surface area contributed by atoms with Crippen molar-refractivity contribution in [3.05, 3.63) is 48.0 Å². The molecule has 0 saturated carbocycles. The number of carbonyl (C=O) groups excluding carboxylic acids is 1. The quantitative estimate of drug-likeness (QED) is 0.809. The Labute approximate surface area is 148 Å². The van der Waals surface area contributed by atoms with Crippen molar-refractivity contribution in [1.29, 1.82) is 0 Å². The van der Waals surface area contributed by atoms with E-state index in [1.54, 1.807) is 13.3 Å². The Balaban J connectivity index is 1.75. The van der Waals surface area contributed by atoms with E-state index in [0.717, 1.165) is 30.7 Å². The molecule has 1 amide bonds. The molecule has 1 aromatic carbocycles. The summed E-state index contributed by atoms with van der Waals surface area (Å²) >= 11 is 0. The number of rotatable bonds is 6. The van der Waals surface area contributed by atoms with Crippen molar-refractivity contribution >= 4 is 5.91 Å². The number of piperidine rings is 1. The maximum atomic E-state index is 13.0. The number of imidazole rings is 1. The summed E-state index contributed by atoms with van der Waals surface area (Å²) < 4.78 is 13.0. The fraction of sp³-hybridized carbons (Fsp3) is 0.474. The first-order valence-corrected chi connectivity index (χ1v) is 8.74. The molecule has 1 atom stereocenters. The van der Waals surface area contributed by atoms with E-state index >= 15 is 0 Å². The molecule has 3 rings (SSSR count). The van der Waals surface area contributed by atoms with Crippen LogP contribution in [-0.2, 0) is 11.3 Å². The van der Waals surface area contributed by atoms with Crippen molar-refractivity contribution in [3.8, 4) is 5.75 Å². The maximum absolute atomic E-state index is 13.0. The minimum atomic E-state index is 0.0604. The van der Waals surface area contributed by atoms with Gasteiger partial charge in [0.15, 0.2) is 0 Å². The number of methoxy groups -OCH3 is 1. The molecule has 6 nitrogen and oxygen atoms in total. The molecule has 0 aliphatic carbocycles. The first-order valence-electron chi connectivity index (χ1n) is 8.74. The zero-order valence-electron chi connectivity index (χ0n) is 14.9. The molecule has 1 fully saturated rings. The van der Waals surface area contributed by atoms with Crippen LogP contribution in [0, 0.1) is 0 Å². The lowest BCUT2D eigenvalue weighted by molar-refractivity contribution is 0.0679. The van der Waals surface area contributed by atoms with E-state index in [9.17, 15) is 4.79 Å². The van der Waals surface area contributed by atoms with E-state index in [4.69, 9.17) is 9.47 Å². The number of carbonyl (C=O) groups is 1. The number of hydrogen-bond acceptors (Lipinski definition) is 4. The average molecular weight is 343 g/mol. The van der Waals surface area contributed by atoms with Crippen LogP contribution < -0.4 is 4.74 Å². The van der Waals surface area contributed by atoms with E-state index in [0.29, 0.717) is 31.4 Å². The zero-order chi connectivity index (χ0) is 17.6. The predicted molar refractivity (Wildman–Crippen MR) is 94.7 cm³/mol. The summed E-state index contributed by atoms with van der Waals surface area (Å²) in [5, 5.41) is 0. The zero-order valence-corrected chi connectivity index (χ0v) is 14.9. The Morgan fingerprint density at radius 1 is 1.40 bits per heavy atom. The van der Waals surface area contributed by atoms with E-state index in [-0.39, 0.29) is 5.91 Å². The fourth-order valence-corrected chi connectivity index (χ4v) is 3.29. The molecule has 1 aliphatic rings. The number of ether oxygens (including phenoxy) is 2. The summed E-state index contributed by atoms with van der Waals surface area (Å²) in [6.07, 6.45) is 7.64. The normalized spacial score (nSPS) is 17.5. The molecule has 134 valence electrons. The number of likely N-dealkylation sites (tertiary alicyclic amines) is 1. The Kier molecular flexibility index (Phi) is 5.71. The lowest BCUT2D eigenvalue weighted by Crippen LogP contribution is -2.40. The van der Waals surface area contributed by atoms with Crippen molar-refractivity contribution in [1.82, 2.24) is 14.5 Å². The largest absolute Gasteiger partial charge is 0.496 e. The van der Waals surface area contributed by atoms with Gasteiger partial charge in [0.2, 0.25) is 0 Å². The molecule has 0 N–H and O–H groups in total. The van der Waals surface area contributed by atoms with Gasteiger partial charge in [0.05, 0.1) is 26.1 Å². The molecule has 1 saturated heterocycles. The Bertz CT molecular complexity index is 700. The molecule has 0 bridgehead atoms. The fourth-order valence-electron chi connectivity index (χ4n) is 3.29. The molecule has 0 spiro atoms. The van der Waals surface area contributed by atoms with Crippen LogP contribution in [0.3, 0.4) is 0 Å². The summed E-state index contributed by atoms with van der Waals surface area (Å²) in [7, 11) is 1.63. The number of amides is 1. The van der Waals surface area contributed by atoms with Gasteiger partial charge in [-0.2, -0.15) is 0 Å². The molecule has 1 aliphatic heterocycles. The van der Waals surface area contributed by atoms with Crippen LogP contribution in [0.25, 0.3) is 0 Å². The highest BCUT2D eigenvalue weighted by Crippen LogP contribution is 2.25. The van der Waals surface area contributed by atoms with Crippen LogP contribution in [-0.4, -0.2) is 47.2 Å². The Hall–Kier alpha value is -2.34. The Morgan fingerprint density at radius 3 is 3.00 bits per heavy atom. The third-order valence-corrected chi connectivity index (χ3v) is 4.62. The average Bonchev–Trinajstić information content (AvgIpc) is 3.20. The molecule has 6 heteroatoms. The number of hydrogen-bond donors (Lipinski definition) is 0. The van der Waals surface area contributed by atoms with E-state index in [1.807, 2.05) is 42.5 Å². The van der Waals surface area contributed by atoms with Gasteiger partial charge in [-0.05, 0) is 38.0 Å². The number of aromatic nitrogens is 2. The second-order valence-corrected chi connectivity index (χ2v) is 6.22. The topological polar surface area (TPSA) is 56.6 Å². The number of nitrogens with zero attached hydrogens (tertiary/aromatic N) is 3. The summed E-state index contributed by atoms with van der Waals surface area (Å²) in [4.78, 5) is 19.0. The third-order valence-electron chi connectivity index (χ3n) is 4.62. The minimum absolute atomic E-state index is 0.0604. The molecule has 1 aromatic heterocycles. The van der Waals surface area contributed by atoms with Crippen LogP contribution in [0.5, 0.6) is 5.75 Å². The predicted octanol–water partition coefficient (Wildman–Crippen LogP) is 2.91. The lowest BCUT2D eigenvalue weighted by atomic mass is 10.0. The molecule has 1 unspecified atom stereocenters. The van der Waals surface area contributed by atoms with Crippen LogP contribution in [0.4, 0.5) is 0 Å². The van der Waals surface area contributed by atoms with Gasteiger partial charge < -0.3 is 18.9 Å². The van der Waals surface area contributed by atoms with Crippen molar-refractivity contribution in [3.63, 3.8) is 0 Å². The van der Waals surface area contributed by atoms with E-state index in [1.165, 1.54) is 0 Å². The molecule has 25 heavy (non-hydrogen) atoms. The summed E-state index contributed by atoms with van der Waals surface area (Å²) in [5.74, 6) is 0.810. The van der Waals surface area contributed by atoms with Crippen LogP contribution >= 0.6 is 0 Å². The SMILES string of the molecule is CCOCc1cc(C(=O)N2CCCC(n3ccnc3)C2)ccc1OC. The third kappa shape index (κ3) is 4.02.